The second kappa shape index (κ2) is 11.9. The molecule has 0 saturated carbocycles. The molecule has 3 rings (SSSR count). The predicted molar refractivity (Wildman–Crippen MR) is 151 cm³/mol. The Bertz CT molecular complexity index is 1430. The molecule has 2 aromatic heterocycles. The lowest BCUT2D eigenvalue weighted by Gasteiger charge is -2.12. The van der Waals surface area contributed by atoms with Gasteiger partial charge in [0.25, 0.3) is 0 Å². The van der Waals surface area contributed by atoms with Crippen molar-refractivity contribution in [3.8, 4) is 11.1 Å². The van der Waals surface area contributed by atoms with Crippen LogP contribution in [-0.2, 0) is 6.54 Å². The number of rotatable bonds is 10. The zero-order valence-corrected chi connectivity index (χ0v) is 21.0. The molecule has 0 bridgehead atoms. The molecule has 0 atom stereocenters. The number of fused-ring (bicyclic) bond motifs is 1. The summed E-state index contributed by atoms with van der Waals surface area (Å²) in [5, 5.41) is 3.97. The monoisotopic (exact) mass is 481 g/mol. The van der Waals surface area contributed by atoms with Crippen LogP contribution in [0.5, 0.6) is 0 Å². The Labute approximate surface area is 212 Å². The van der Waals surface area contributed by atoms with Crippen molar-refractivity contribution in [3.05, 3.63) is 120 Å². The standard InChI is InChI=1S/C30H32FN5/c1-7-22(16-34-9-3)19(4)10-25(28(32)8-2)20(5)29-14-26-27(17-35-18-30(26)36-29)23-11-21(15-33-6)12-24(31)13-23/h7-14,16-18,33,36H,3-5,15,32H2,1-2,6H3/b22-7+,25-10-,28-8+,34-16?. The first-order chi connectivity index (χ1) is 17.3. The Morgan fingerprint density at radius 1 is 1.17 bits per heavy atom. The first kappa shape index (κ1) is 26.3. The highest BCUT2D eigenvalue weighted by molar-refractivity contribution is 5.98. The van der Waals surface area contributed by atoms with Crippen LogP contribution < -0.4 is 11.1 Å². The van der Waals surface area contributed by atoms with Gasteiger partial charge in [0, 0.05) is 58.6 Å². The first-order valence-electron chi connectivity index (χ1n) is 11.6. The molecule has 0 spiro atoms. The van der Waals surface area contributed by atoms with Crippen LogP contribution in [0, 0.1) is 5.82 Å². The maximum Gasteiger partial charge on any atom is 0.124 e. The molecule has 0 radical (unpaired) electrons. The van der Waals surface area contributed by atoms with E-state index in [0.717, 1.165) is 50.0 Å². The van der Waals surface area contributed by atoms with Crippen LogP contribution in [0.25, 0.3) is 27.6 Å². The van der Waals surface area contributed by atoms with Crippen molar-refractivity contribution in [2.75, 3.05) is 7.05 Å². The first-order valence-corrected chi connectivity index (χ1v) is 11.6. The lowest BCUT2D eigenvalue weighted by atomic mass is 9.96. The number of nitrogens with two attached hydrogens (primary N) is 1. The predicted octanol–water partition coefficient (Wildman–Crippen LogP) is 6.61. The highest BCUT2D eigenvalue weighted by atomic mass is 19.1. The van der Waals surface area contributed by atoms with Gasteiger partial charge in [0.1, 0.15) is 5.82 Å². The van der Waals surface area contributed by atoms with Gasteiger partial charge in [0.15, 0.2) is 0 Å². The number of nitrogens with one attached hydrogen (secondary N) is 2. The molecule has 0 saturated heterocycles. The number of aromatic nitrogens is 2. The van der Waals surface area contributed by atoms with Crippen LogP contribution in [0.2, 0.25) is 0 Å². The Balaban J connectivity index is 2.09. The molecule has 4 N–H and O–H groups in total. The maximum atomic E-state index is 14.4. The molecule has 0 unspecified atom stereocenters. The van der Waals surface area contributed by atoms with E-state index in [1.54, 1.807) is 18.6 Å². The molecule has 0 fully saturated rings. The molecule has 36 heavy (non-hydrogen) atoms. The molecule has 2 heterocycles. The average molecular weight is 482 g/mol. The van der Waals surface area contributed by atoms with E-state index in [-0.39, 0.29) is 5.82 Å². The molecule has 5 nitrogen and oxygen atoms in total. The maximum absolute atomic E-state index is 14.4. The van der Waals surface area contributed by atoms with E-state index in [1.165, 1.54) is 18.3 Å². The molecule has 3 aromatic rings. The fourth-order valence-corrected chi connectivity index (χ4v) is 3.93. The zero-order chi connectivity index (χ0) is 26.2. The summed E-state index contributed by atoms with van der Waals surface area (Å²) < 4.78 is 14.4. The molecule has 0 aliphatic heterocycles. The minimum absolute atomic E-state index is 0.292. The van der Waals surface area contributed by atoms with E-state index in [4.69, 9.17) is 5.73 Å². The summed E-state index contributed by atoms with van der Waals surface area (Å²) in [6, 6.07) is 7.01. The number of nitrogens with zero attached hydrogens (tertiary/aromatic N) is 2. The Morgan fingerprint density at radius 3 is 2.61 bits per heavy atom. The third-order valence-electron chi connectivity index (χ3n) is 5.79. The third kappa shape index (κ3) is 5.85. The van der Waals surface area contributed by atoms with E-state index in [2.05, 4.69) is 40.0 Å². The van der Waals surface area contributed by atoms with Gasteiger partial charge >= 0.3 is 0 Å². The van der Waals surface area contributed by atoms with E-state index < -0.39 is 0 Å². The highest BCUT2D eigenvalue weighted by Gasteiger charge is 2.15. The van der Waals surface area contributed by atoms with Gasteiger partial charge in [-0.3, -0.25) is 9.98 Å². The number of hydrogen-bond acceptors (Lipinski definition) is 4. The van der Waals surface area contributed by atoms with Crippen LogP contribution >= 0.6 is 0 Å². The number of aliphatic imine (C=N–C) groups is 1. The fraction of sp³-hybridized carbons (Fsp3) is 0.133. The van der Waals surface area contributed by atoms with Gasteiger partial charge < -0.3 is 16.0 Å². The SMILES string of the molecule is C=CN=C/C(=C\C)C(=C)/C=C(C(=C)c1cc2c(-c3cc(F)cc(CNC)c3)cncc2[nH]1)\C(N)=C/C. The van der Waals surface area contributed by atoms with Gasteiger partial charge in [-0.05, 0) is 73.5 Å². The molecule has 0 amide bonds. The normalized spacial score (nSPS) is 12.9. The number of aromatic amines is 1. The summed E-state index contributed by atoms with van der Waals surface area (Å²) in [5.41, 5.74) is 14.0. The second-order valence-corrected chi connectivity index (χ2v) is 8.22. The van der Waals surface area contributed by atoms with Gasteiger partial charge in [-0.25, -0.2) is 4.39 Å². The highest BCUT2D eigenvalue weighted by Crippen LogP contribution is 2.34. The van der Waals surface area contributed by atoms with Crippen LogP contribution in [0.3, 0.4) is 0 Å². The Kier molecular flexibility index (Phi) is 8.71. The zero-order valence-electron chi connectivity index (χ0n) is 21.0. The third-order valence-corrected chi connectivity index (χ3v) is 5.79. The lowest BCUT2D eigenvalue weighted by molar-refractivity contribution is 0.624. The van der Waals surface area contributed by atoms with Gasteiger partial charge in [-0.2, -0.15) is 0 Å². The van der Waals surface area contributed by atoms with Crippen molar-refractivity contribution in [3.63, 3.8) is 0 Å². The fourth-order valence-electron chi connectivity index (χ4n) is 3.93. The van der Waals surface area contributed by atoms with Crippen LogP contribution in [-0.4, -0.2) is 23.2 Å². The minimum Gasteiger partial charge on any atom is -0.398 e. The van der Waals surface area contributed by atoms with Crippen molar-refractivity contribution in [2.45, 2.75) is 20.4 Å². The van der Waals surface area contributed by atoms with E-state index in [9.17, 15) is 4.39 Å². The molecular weight excluding hydrogens is 449 g/mol. The number of pyridine rings is 1. The Hall–Kier alpha value is -4.29. The van der Waals surface area contributed by atoms with Crippen LogP contribution in [0.1, 0.15) is 25.1 Å². The van der Waals surface area contributed by atoms with Crippen molar-refractivity contribution < 1.29 is 4.39 Å². The van der Waals surface area contributed by atoms with Crippen molar-refractivity contribution in [1.29, 1.82) is 0 Å². The number of benzene rings is 1. The Morgan fingerprint density at radius 2 is 1.94 bits per heavy atom. The smallest absolute Gasteiger partial charge is 0.124 e. The molecule has 0 aliphatic rings. The van der Waals surface area contributed by atoms with E-state index in [1.807, 2.05) is 51.3 Å². The lowest BCUT2D eigenvalue weighted by Crippen LogP contribution is -2.05. The summed E-state index contributed by atoms with van der Waals surface area (Å²) in [5.74, 6) is -0.292. The average Bonchev–Trinajstić information content (AvgIpc) is 3.31. The number of H-pyrrole nitrogens is 1. The summed E-state index contributed by atoms with van der Waals surface area (Å²) >= 11 is 0. The van der Waals surface area contributed by atoms with Gasteiger partial charge in [-0.15, -0.1) is 0 Å². The summed E-state index contributed by atoms with van der Waals surface area (Å²) in [6.45, 7) is 16.5. The van der Waals surface area contributed by atoms with Crippen molar-refractivity contribution in [1.82, 2.24) is 15.3 Å². The molecule has 6 heteroatoms. The van der Waals surface area contributed by atoms with Crippen molar-refractivity contribution in [2.24, 2.45) is 10.7 Å². The number of allylic oxidation sites excluding steroid dienone is 6. The molecule has 0 aliphatic carbocycles. The molecular formula is C30H32FN5. The molecule has 1 aromatic carbocycles. The van der Waals surface area contributed by atoms with Crippen LogP contribution in [0.4, 0.5) is 4.39 Å². The second-order valence-electron chi connectivity index (χ2n) is 8.22. The number of halogens is 1. The van der Waals surface area contributed by atoms with E-state index in [0.29, 0.717) is 17.8 Å². The summed E-state index contributed by atoms with van der Waals surface area (Å²) in [6.07, 6.45) is 12.3. The quantitative estimate of drug-likeness (QED) is 0.225. The summed E-state index contributed by atoms with van der Waals surface area (Å²) in [4.78, 5) is 11.9. The molecule has 184 valence electrons. The van der Waals surface area contributed by atoms with Crippen LogP contribution in [0.15, 0.2) is 108 Å². The van der Waals surface area contributed by atoms with Crippen molar-refractivity contribution >= 4 is 22.7 Å². The largest absolute Gasteiger partial charge is 0.398 e. The topological polar surface area (TPSA) is 79.1 Å². The van der Waals surface area contributed by atoms with E-state index >= 15 is 0 Å². The summed E-state index contributed by atoms with van der Waals surface area (Å²) in [7, 11) is 1.83. The number of hydrogen-bond donors (Lipinski definition) is 3. The minimum atomic E-state index is -0.292. The van der Waals surface area contributed by atoms with Gasteiger partial charge in [-0.1, -0.05) is 31.9 Å². The van der Waals surface area contributed by atoms with Gasteiger partial charge in [0.05, 0.1) is 11.7 Å². The van der Waals surface area contributed by atoms with Gasteiger partial charge in [0.2, 0.25) is 0 Å².